The molecule has 1 aliphatic carbocycles. The van der Waals surface area contributed by atoms with Gasteiger partial charge in [0, 0.05) is 30.1 Å². The van der Waals surface area contributed by atoms with Crippen LogP contribution in [-0.2, 0) is 18.4 Å². The van der Waals surface area contributed by atoms with E-state index in [2.05, 4.69) is 29.5 Å². The first-order valence-electron chi connectivity index (χ1n) is 9.99. The van der Waals surface area contributed by atoms with E-state index in [0.29, 0.717) is 5.92 Å². The van der Waals surface area contributed by atoms with E-state index in [1.165, 1.54) is 0 Å². The van der Waals surface area contributed by atoms with Crippen molar-refractivity contribution in [1.29, 1.82) is 0 Å². The second-order valence-corrected chi connectivity index (χ2v) is 9.40. The highest BCUT2D eigenvalue weighted by Crippen LogP contribution is 2.47. The molecule has 0 bridgehead atoms. The quantitative estimate of drug-likeness (QED) is 0.455. The Bertz CT molecular complexity index is 866. The molecular formula is C21H27F2N3O3S. The molecule has 1 amide bonds. The van der Waals surface area contributed by atoms with Gasteiger partial charge >= 0.3 is 6.09 Å². The van der Waals surface area contributed by atoms with Crippen molar-refractivity contribution in [3.8, 4) is 0 Å². The zero-order valence-electron chi connectivity index (χ0n) is 17.0. The second kappa shape index (κ2) is 9.36. The molecule has 1 saturated carbocycles. The molecule has 2 aromatic rings. The summed E-state index contributed by atoms with van der Waals surface area (Å²) in [6.07, 6.45) is 2.20. The molecule has 30 heavy (non-hydrogen) atoms. The fourth-order valence-electron chi connectivity index (χ4n) is 3.48. The summed E-state index contributed by atoms with van der Waals surface area (Å²) in [6.45, 7) is 4.42. The van der Waals surface area contributed by atoms with Gasteiger partial charge in [-0.25, -0.2) is 18.6 Å². The molecule has 0 spiro atoms. The number of aliphatic hydroxyl groups is 1. The zero-order chi connectivity index (χ0) is 21.9. The van der Waals surface area contributed by atoms with E-state index in [0.717, 1.165) is 47.3 Å². The van der Waals surface area contributed by atoms with Crippen molar-refractivity contribution in [2.45, 2.75) is 57.2 Å². The smallest absolute Gasteiger partial charge is 0.404 e. The maximum atomic E-state index is 13.5. The maximum absolute atomic E-state index is 13.5. The number of carbonyl (C=O) groups is 1. The Morgan fingerprint density at radius 1 is 1.23 bits per heavy atom. The first-order chi connectivity index (χ1) is 14.2. The minimum atomic E-state index is -1.31. The molecule has 3 rings (SSSR count). The highest BCUT2D eigenvalue weighted by atomic mass is 32.1. The lowest BCUT2D eigenvalue weighted by atomic mass is 10.0. The number of thiazole rings is 1. The van der Waals surface area contributed by atoms with Crippen LogP contribution in [0.5, 0.6) is 0 Å². The number of amides is 1. The van der Waals surface area contributed by atoms with E-state index < -0.39 is 29.9 Å². The van der Waals surface area contributed by atoms with Crippen LogP contribution in [0.15, 0.2) is 24.4 Å². The Morgan fingerprint density at radius 2 is 1.90 bits per heavy atom. The second-order valence-electron chi connectivity index (χ2n) is 8.28. The van der Waals surface area contributed by atoms with E-state index in [4.69, 9.17) is 5.11 Å². The number of halogens is 2. The first-order valence-corrected chi connectivity index (χ1v) is 10.8. The van der Waals surface area contributed by atoms with Gasteiger partial charge in [0.25, 0.3) is 0 Å². The molecule has 1 aromatic heterocycles. The SMILES string of the molecule is CC(C)Cc1ncc(C2(NC[C@H](O)[C@H](Cc3cc(F)cc(F)c3)NC(=O)O)CC2)s1. The van der Waals surface area contributed by atoms with Crippen LogP contribution >= 0.6 is 11.3 Å². The van der Waals surface area contributed by atoms with Crippen molar-refractivity contribution >= 4 is 17.4 Å². The molecule has 1 aromatic carbocycles. The molecule has 164 valence electrons. The van der Waals surface area contributed by atoms with Crippen LogP contribution in [0.1, 0.15) is 42.1 Å². The van der Waals surface area contributed by atoms with Crippen LogP contribution in [0.25, 0.3) is 0 Å². The minimum absolute atomic E-state index is 0.0318. The van der Waals surface area contributed by atoms with E-state index in [1.54, 1.807) is 11.3 Å². The molecule has 9 heteroatoms. The fraction of sp³-hybridized carbons (Fsp3) is 0.524. The Labute approximate surface area is 178 Å². The number of hydrogen-bond acceptors (Lipinski definition) is 5. The van der Waals surface area contributed by atoms with Gasteiger partial charge in [-0.3, -0.25) is 0 Å². The molecule has 0 unspecified atom stereocenters. The number of benzene rings is 1. The molecule has 0 saturated heterocycles. The van der Waals surface area contributed by atoms with Crippen molar-refractivity contribution in [3.63, 3.8) is 0 Å². The molecule has 1 aliphatic rings. The Kier molecular flexibility index (Phi) is 7.05. The summed E-state index contributed by atoms with van der Waals surface area (Å²) >= 11 is 1.66. The largest absolute Gasteiger partial charge is 0.465 e. The Hall–Kier alpha value is -2.10. The summed E-state index contributed by atoms with van der Waals surface area (Å²) in [6, 6.07) is 2.11. The molecule has 0 radical (unpaired) electrons. The van der Waals surface area contributed by atoms with Gasteiger partial charge in [-0.2, -0.15) is 0 Å². The first kappa shape index (κ1) is 22.6. The Morgan fingerprint density at radius 3 is 2.47 bits per heavy atom. The lowest BCUT2D eigenvalue weighted by molar-refractivity contribution is 0.114. The van der Waals surface area contributed by atoms with Crippen molar-refractivity contribution in [2.24, 2.45) is 5.92 Å². The van der Waals surface area contributed by atoms with Gasteiger partial charge in [0.05, 0.1) is 22.7 Å². The van der Waals surface area contributed by atoms with Gasteiger partial charge in [-0.15, -0.1) is 11.3 Å². The van der Waals surface area contributed by atoms with Crippen LogP contribution in [0, 0.1) is 17.6 Å². The van der Waals surface area contributed by atoms with E-state index >= 15 is 0 Å². The molecule has 6 nitrogen and oxygen atoms in total. The monoisotopic (exact) mass is 439 g/mol. The molecule has 4 N–H and O–H groups in total. The number of nitrogens with one attached hydrogen (secondary N) is 2. The number of rotatable bonds is 10. The normalized spacial score (nSPS) is 17.0. The summed E-state index contributed by atoms with van der Waals surface area (Å²) in [5, 5.41) is 26.4. The number of aromatic nitrogens is 1. The molecular weight excluding hydrogens is 412 g/mol. The third kappa shape index (κ3) is 5.96. The van der Waals surface area contributed by atoms with Gasteiger partial charge in [0.15, 0.2) is 0 Å². The number of aliphatic hydroxyl groups excluding tert-OH is 1. The Balaban J connectivity index is 1.64. The standard InChI is InChI=1S/C21H27F2N3O3S/c1-12(2)5-19-24-11-18(30-19)21(3-4-21)25-10-17(27)16(26-20(28)29)8-13-6-14(22)9-15(23)7-13/h6-7,9,11-12,16-17,25-27H,3-5,8,10H2,1-2H3,(H,28,29)/t16-,17-/m0/s1. The van der Waals surface area contributed by atoms with Gasteiger partial charge in [-0.05, 0) is 42.9 Å². The van der Waals surface area contributed by atoms with E-state index in [1.807, 2.05) is 6.20 Å². The van der Waals surface area contributed by atoms with Crippen LogP contribution < -0.4 is 10.6 Å². The van der Waals surface area contributed by atoms with Gasteiger partial charge in [0.1, 0.15) is 11.6 Å². The summed E-state index contributed by atoms with van der Waals surface area (Å²) in [5.41, 5.74) is 0.0271. The van der Waals surface area contributed by atoms with Crippen LogP contribution in [0.2, 0.25) is 0 Å². The topological polar surface area (TPSA) is 94.5 Å². The fourth-order valence-corrected chi connectivity index (χ4v) is 4.83. The summed E-state index contributed by atoms with van der Waals surface area (Å²) in [4.78, 5) is 16.8. The van der Waals surface area contributed by atoms with Crippen LogP contribution in [-0.4, -0.2) is 40.0 Å². The van der Waals surface area contributed by atoms with Crippen molar-refractivity contribution in [1.82, 2.24) is 15.6 Å². The molecule has 1 fully saturated rings. The summed E-state index contributed by atoms with van der Waals surface area (Å²) in [5.74, 6) is -0.971. The predicted molar refractivity (Wildman–Crippen MR) is 111 cm³/mol. The lowest BCUT2D eigenvalue weighted by Crippen LogP contribution is -2.49. The van der Waals surface area contributed by atoms with Crippen LogP contribution in [0.4, 0.5) is 13.6 Å². The van der Waals surface area contributed by atoms with Gasteiger partial charge in [-0.1, -0.05) is 13.8 Å². The lowest BCUT2D eigenvalue weighted by Gasteiger charge is -2.25. The van der Waals surface area contributed by atoms with Gasteiger partial charge in [0.2, 0.25) is 0 Å². The third-order valence-corrected chi connectivity index (χ3v) is 6.38. The van der Waals surface area contributed by atoms with Crippen molar-refractivity contribution in [2.75, 3.05) is 6.54 Å². The average molecular weight is 440 g/mol. The average Bonchev–Trinajstić information content (AvgIpc) is 3.28. The summed E-state index contributed by atoms with van der Waals surface area (Å²) < 4.78 is 26.9. The van der Waals surface area contributed by atoms with Crippen molar-refractivity contribution < 1.29 is 23.8 Å². The zero-order valence-corrected chi connectivity index (χ0v) is 17.8. The maximum Gasteiger partial charge on any atom is 0.404 e. The number of hydrogen-bond donors (Lipinski definition) is 4. The number of carboxylic acid groups (broad SMARTS) is 1. The van der Waals surface area contributed by atoms with E-state index in [9.17, 15) is 18.7 Å². The van der Waals surface area contributed by atoms with Crippen molar-refractivity contribution in [3.05, 3.63) is 51.5 Å². The molecule has 2 atom stereocenters. The molecule has 0 aliphatic heterocycles. The van der Waals surface area contributed by atoms with E-state index in [-0.39, 0.29) is 24.1 Å². The molecule has 1 heterocycles. The highest BCUT2D eigenvalue weighted by Gasteiger charge is 2.46. The van der Waals surface area contributed by atoms with Gasteiger partial charge < -0.3 is 20.8 Å². The minimum Gasteiger partial charge on any atom is -0.465 e. The summed E-state index contributed by atoms with van der Waals surface area (Å²) in [7, 11) is 0. The highest BCUT2D eigenvalue weighted by molar-refractivity contribution is 7.11. The third-order valence-electron chi connectivity index (χ3n) is 5.16. The van der Waals surface area contributed by atoms with Crippen LogP contribution in [0.3, 0.4) is 0 Å². The predicted octanol–water partition coefficient (Wildman–Crippen LogP) is 3.44. The number of nitrogens with zero attached hydrogens (tertiary/aromatic N) is 1.